The first-order valence-corrected chi connectivity index (χ1v) is 10.1. The average Bonchev–Trinajstić information content (AvgIpc) is 2.65. The lowest BCUT2D eigenvalue weighted by Crippen LogP contribution is -2.28. The highest BCUT2D eigenvalue weighted by molar-refractivity contribution is 7.99. The number of aryl methyl sites for hydroxylation is 1. The van der Waals surface area contributed by atoms with E-state index in [1.54, 1.807) is 26.1 Å². The molecule has 0 saturated carbocycles. The Balaban J connectivity index is 2.04. The van der Waals surface area contributed by atoms with Crippen LogP contribution in [0.5, 0.6) is 0 Å². The van der Waals surface area contributed by atoms with Crippen molar-refractivity contribution < 1.29 is 9.18 Å². The molecule has 2 aromatic rings. The van der Waals surface area contributed by atoms with E-state index >= 15 is 0 Å². The van der Waals surface area contributed by atoms with Gasteiger partial charge >= 0.3 is 0 Å². The number of carbonyl (C=O) groups excluding carboxylic acids is 1. The van der Waals surface area contributed by atoms with Gasteiger partial charge in [0, 0.05) is 31.3 Å². The first-order valence-electron chi connectivity index (χ1n) is 9.12. The van der Waals surface area contributed by atoms with Gasteiger partial charge < -0.3 is 5.32 Å². The summed E-state index contributed by atoms with van der Waals surface area (Å²) in [6.07, 6.45) is 3.58. The summed E-state index contributed by atoms with van der Waals surface area (Å²) in [4.78, 5) is 29.1. The number of thioether (sulfide) groups is 1. The summed E-state index contributed by atoms with van der Waals surface area (Å²) in [7, 11) is 1.66. The molecule has 5 nitrogen and oxygen atoms in total. The maximum Gasteiger partial charge on any atom is 0.257 e. The van der Waals surface area contributed by atoms with Gasteiger partial charge in [0.05, 0.1) is 5.75 Å². The van der Waals surface area contributed by atoms with Crippen LogP contribution in [0.15, 0.2) is 34.2 Å². The molecule has 0 unspecified atom stereocenters. The summed E-state index contributed by atoms with van der Waals surface area (Å²) in [6, 6.07) is 6.09. The van der Waals surface area contributed by atoms with Gasteiger partial charge in [-0.1, -0.05) is 43.7 Å². The third kappa shape index (κ3) is 6.20. The van der Waals surface area contributed by atoms with E-state index in [2.05, 4.69) is 17.2 Å². The lowest BCUT2D eigenvalue weighted by atomic mass is 10.1. The first kappa shape index (κ1) is 21.2. The first-order chi connectivity index (χ1) is 12.9. The van der Waals surface area contributed by atoms with Gasteiger partial charge in [0.25, 0.3) is 5.56 Å². The van der Waals surface area contributed by atoms with Crippen LogP contribution in [0.3, 0.4) is 0 Å². The van der Waals surface area contributed by atoms with Gasteiger partial charge in [0.15, 0.2) is 5.16 Å². The van der Waals surface area contributed by atoms with Crippen molar-refractivity contribution in [3.05, 3.63) is 57.3 Å². The molecule has 1 N–H and O–H groups in total. The Labute approximate surface area is 163 Å². The van der Waals surface area contributed by atoms with Crippen molar-refractivity contribution in [3.8, 4) is 0 Å². The Hall–Kier alpha value is -2.15. The van der Waals surface area contributed by atoms with Gasteiger partial charge in [0.2, 0.25) is 5.91 Å². The molecule has 0 bridgehead atoms. The predicted molar refractivity (Wildman–Crippen MR) is 107 cm³/mol. The molecule has 1 amide bonds. The maximum absolute atomic E-state index is 13.1. The number of aromatic nitrogens is 2. The number of halogens is 1. The van der Waals surface area contributed by atoms with E-state index in [1.807, 2.05) is 0 Å². The molecule has 7 heteroatoms. The maximum atomic E-state index is 13.1. The smallest absolute Gasteiger partial charge is 0.257 e. The fourth-order valence-electron chi connectivity index (χ4n) is 2.65. The Bertz CT molecular complexity index is 834. The van der Waals surface area contributed by atoms with Crippen molar-refractivity contribution in [3.63, 3.8) is 0 Å². The largest absolute Gasteiger partial charge is 0.355 e. The van der Waals surface area contributed by atoms with Crippen molar-refractivity contribution in [1.82, 2.24) is 14.9 Å². The van der Waals surface area contributed by atoms with Crippen molar-refractivity contribution in [2.45, 2.75) is 44.7 Å². The van der Waals surface area contributed by atoms with E-state index < -0.39 is 0 Å². The number of amides is 1. The molecule has 1 aromatic heterocycles. The van der Waals surface area contributed by atoms with Crippen LogP contribution in [0.4, 0.5) is 4.39 Å². The molecule has 0 fully saturated rings. The summed E-state index contributed by atoms with van der Waals surface area (Å²) < 4.78 is 14.5. The monoisotopic (exact) mass is 391 g/mol. The van der Waals surface area contributed by atoms with Crippen molar-refractivity contribution in [2.24, 2.45) is 7.05 Å². The van der Waals surface area contributed by atoms with E-state index in [1.165, 1.54) is 28.5 Å². The van der Waals surface area contributed by atoms with Crippen molar-refractivity contribution in [1.29, 1.82) is 0 Å². The van der Waals surface area contributed by atoms with E-state index in [4.69, 9.17) is 0 Å². The molecule has 0 aliphatic carbocycles. The second-order valence-corrected chi connectivity index (χ2v) is 7.41. The third-order valence-electron chi connectivity index (χ3n) is 4.28. The number of hydrogen-bond acceptors (Lipinski definition) is 4. The Kier molecular flexibility index (Phi) is 8.03. The summed E-state index contributed by atoms with van der Waals surface area (Å²) >= 11 is 1.25. The van der Waals surface area contributed by atoms with Crippen molar-refractivity contribution >= 4 is 17.7 Å². The highest BCUT2D eigenvalue weighted by atomic mass is 32.2. The normalized spacial score (nSPS) is 10.8. The minimum Gasteiger partial charge on any atom is -0.355 e. The molecule has 0 radical (unpaired) electrons. The number of rotatable bonds is 9. The molecular weight excluding hydrogens is 365 g/mol. The average molecular weight is 392 g/mol. The summed E-state index contributed by atoms with van der Waals surface area (Å²) in [5, 5.41) is 3.40. The molecule has 27 heavy (non-hydrogen) atoms. The predicted octanol–water partition coefficient (Wildman–Crippen LogP) is 3.22. The Morgan fingerprint density at radius 2 is 1.96 bits per heavy atom. The fourth-order valence-corrected chi connectivity index (χ4v) is 3.49. The molecule has 0 saturated heterocycles. The van der Waals surface area contributed by atoms with E-state index in [0.29, 0.717) is 29.4 Å². The number of carbonyl (C=O) groups is 1. The van der Waals surface area contributed by atoms with Crippen LogP contribution in [0.25, 0.3) is 0 Å². The molecule has 0 aliphatic heterocycles. The third-order valence-corrected chi connectivity index (χ3v) is 5.31. The van der Waals surface area contributed by atoms with Crippen LogP contribution in [0.1, 0.15) is 43.0 Å². The van der Waals surface area contributed by atoms with Crippen LogP contribution in [-0.4, -0.2) is 27.8 Å². The van der Waals surface area contributed by atoms with Gasteiger partial charge in [-0.15, -0.1) is 0 Å². The molecular formula is C20H26FN3O2S. The molecule has 0 atom stereocenters. The quantitative estimate of drug-likeness (QED) is 0.405. The van der Waals surface area contributed by atoms with Crippen LogP contribution < -0.4 is 10.9 Å². The molecule has 146 valence electrons. The second kappa shape index (κ2) is 10.3. The molecule has 1 aromatic carbocycles. The lowest BCUT2D eigenvalue weighted by Gasteiger charge is -2.12. The van der Waals surface area contributed by atoms with Gasteiger partial charge in [-0.25, -0.2) is 9.37 Å². The molecule has 2 rings (SSSR count). The molecule has 1 heterocycles. The SMILES string of the molecule is CCCCCNC(=O)CSc1nc(C)c(Cc2ccc(F)cc2)c(=O)n1C. The minimum absolute atomic E-state index is 0.0570. The van der Waals surface area contributed by atoms with Crippen molar-refractivity contribution in [2.75, 3.05) is 12.3 Å². The zero-order valence-electron chi connectivity index (χ0n) is 16.0. The van der Waals surface area contributed by atoms with Crippen LogP contribution >= 0.6 is 11.8 Å². The molecule has 0 aliphatic rings. The number of hydrogen-bond donors (Lipinski definition) is 1. The minimum atomic E-state index is -0.304. The number of nitrogens with zero attached hydrogens (tertiary/aromatic N) is 2. The second-order valence-electron chi connectivity index (χ2n) is 6.47. The highest BCUT2D eigenvalue weighted by Crippen LogP contribution is 2.16. The van der Waals surface area contributed by atoms with Crippen LogP contribution in [-0.2, 0) is 18.3 Å². The summed E-state index contributed by atoms with van der Waals surface area (Å²) in [6.45, 7) is 4.58. The van der Waals surface area contributed by atoms with Gasteiger partial charge in [-0.05, 0) is 31.0 Å². The van der Waals surface area contributed by atoms with Gasteiger partial charge in [-0.3, -0.25) is 14.2 Å². The van der Waals surface area contributed by atoms with Crippen LogP contribution in [0, 0.1) is 12.7 Å². The van der Waals surface area contributed by atoms with E-state index in [0.717, 1.165) is 24.8 Å². The standard InChI is InChI=1S/C20H26FN3O2S/c1-4-5-6-11-22-18(25)13-27-20-23-14(2)17(19(26)24(20)3)12-15-7-9-16(21)10-8-15/h7-10H,4-6,11-13H2,1-3H3,(H,22,25). The molecule has 0 spiro atoms. The van der Waals surface area contributed by atoms with E-state index in [-0.39, 0.29) is 23.0 Å². The number of benzene rings is 1. The Morgan fingerprint density at radius 3 is 2.63 bits per heavy atom. The highest BCUT2D eigenvalue weighted by Gasteiger charge is 2.14. The van der Waals surface area contributed by atoms with E-state index in [9.17, 15) is 14.0 Å². The summed E-state index contributed by atoms with van der Waals surface area (Å²) in [5.74, 6) is -0.136. The van der Waals surface area contributed by atoms with Gasteiger partial charge in [-0.2, -0.15) is 0 Å². The number of unbranched alkanes of at least 4 members (excludes halogenated alkanes) is 2. The Morgan fingerprint density at radius 1 is 1.26 bits per heavy atom. The van der Waals surface area contributed by atoms with Gasteiger partial charge in [0.1, 0.15) is 5.82 Å². The lowest BCUT2D eigenvalue weighted by molar-refractivity contribution is -0.118. The fraction of sp³-hybridized carbons (Fsp3) is 0.450. The zero-order chi connectivity index (χ0) is 19.8. The topological polar surface area (TPSA) is 64.0 Å². The number of nitrogens with one attached hydrogen (secondary N) is 1. The summed E-state index contributed by atoms with van der Waals surface area (Å²) in [5.41, 5.74) is 1.92. The zero-order valence-corrected chi connectivity index (χ0v) is 16.9. The van der Waals surface area contributed by atoms with Crippen LogP contribution in [0.2, 0.25) is 0 Å².